The third-order valence-electron chi connectivity index (χ3n) is 5.29. The zero-order chi connectivity index (χ0) is 17.1. The molecule has 1 amide bonds. The number of rotatable bonds is 6. The summed E-state index contributed by atoms with van der Waals surface area (Å²) in [6, 6.07) is 4.31. The van der Waals surface area contributed by atoms with Crippen LogP contribution >= 0.6 is 0 Å². The molecule has 1 N–H and O–H groups in total. The molecule has 0 unspecified atom stereocenters. The van der Waals surface area contributed by atoms with Crippen molar-refractivity contribution in [3.63, 3.8) is 0 Å². The highest BCUT2D eigenvalue weighted by Crippen LogP contribution is 2.32. The van der Waals surface area contributed by atoms with Crippen LogP contribution in [-0.4, -0.2) is 55.0 Å². The van der Waals surface area contributed by atoms with E-state index in [1.165, 1.54) is 32.4 Å². The lowest BCUT2D eigenvalue weighted by molar-refractivity contribution is 0.0930. The largest absolute Gasteiger partial charge is 0.455 e. The van der Waals surface area contributed by atoms with Gasteiger partial charge in [-0.2, -0.15) is 0 Å². The Bertz CT molecular complexity index is 551. The molecule has 1 aliphatic carbocycles. The van der Waals surface area contributed by atoms with E-state index in [2.05, 4.69) is 29.0 Å². The van der Waals surface area contributed by atoms with Crippen molar-refractivity contribution in [3.05, 3.63) is 23.7 Å². The van der Waals surface area contributed by atoms with E-state index in [1.54, 1.807) is 13.1 Å². The standard InChI is InChI=1S/C19H31N3O2/c1-14(2)17-13-21(9-4-10-22(17)11-15-5-6-15)12-16-7-8-18(24-16)19(23)20-3/h7-8,14-15,17H,4-6,9-13H2,1-3H3,(H,20,23)/t17-/m1/s1. The van der Waals surface area contributed by atoms with Crippen molar-refractivity contribution >= 4 is 5.91 Å². The maximum atomic E-state index is 11.6. The van der Waals surface area contributed by atoms with Gasteiger partial charge in [-0.05, 0) is 56.3 Å². The van der Waals surface area contributed by atoms with Crippen LogP contribution in [0.2, 0.25) is 0 Å². The Morgan fingerprint density at radius 1 is 1.33 bits per heavy atom. The summed E-state index contributed by atoms with van der Waals surface area (Å²) >= 11 is 0. The molecule has 1 saturated carbocycles. The highest BCUT2D eigenvalue weighted by Gasteiger charge is 2.32. The molecular formula is C19H31N3O2. The van der Waals surface area contributed by atoms with E-state index in [1.807, 2.05) is 6.07 Å². The first-order valence-electron chi connectivity index (χ1n) is 9.34. The summed E-state index contributed by atoms with van der Waals surface area (Å²) in [5.41, 5.74) is 0. The van der Waals surface area contributed by atoms with Gasteiger partial charge in [0, 0.05) is 26.2 Å². The highest BCUT2D eigenvalue weighted by molar-refractivity contribution is 5.91. The first kappa shape index (κ1) is 17.5. The molecule has 0 radical (unpaired) electrons. The molecule has 5 heteroatoms. The normalized spacial score (nSPS) is 23.4. The van der Waals surface area contributed by atoms with E-state index >= 15 is 0 Å². The predicted molar refractivity (Wildman–Crippen MR) is 94.9 cm³/mol. The Kier molecular flexibility index (Phi) is 5.61. The quantitative estimate of drug-likeness (QED) is 0.869. The predicted octanol–water partition coefficient (Wildman–Crippen LogP) is 2.58. The monoisotopic (exact) mass is 333 g/mol. The summed E-state index contributed by atoms with van der Waals surface area (Å²) in [6.07, 6.45) is 4.04. The van der Waals surface area contributed by atoms with Crippen molar-refractivity contribution in [2.24, 2.45) is 11.8 Å². The molecule has 5 nitrogen and oxygen atoms in total. The number of nitrogens with one attached hydrogen (secondary N) is 1. The Morgan fingerprint density at radius 2 is 2.12 bits per heavy atom. The number of carbonyl (C=O) groups excluding carboxylic acids is 1. The summed E-state index contributed by atoms with van der Waals surface area (Å²) in [5.74, 6) is 2.72. The molecule has 1 aromatic heterocycles. The van der Waals surface area contributed by atoms with Crippen LogP contribution in [0.15, 0.2) is 16.5 Å². The first-order valence-corrected chi connectivity index (χ1v) is 9.34. The maximum absolute atomic E-state index is 11.6. The lowest BCUT2D eigenvalue weighted by Crippen LogP contribution is -2.45. The minimum Gasteiger partial charge on any atom is -0.455 e. The SMILES string of the molecule is CNC(=O)c1ccc(CN2CCCN(CC3CC3)[C@@H](C(C)C)C2)o1. The molecule has 2 fully saturated rings. The second-order valence-corrected chi connectivity index (χ2v) is 7.68. The topological polar surface area (TPSA) is 48.7 Å². The van der Waals surface area contributed by atoms with Crippen LogP contribution in [-0.2, 0) is 6.54 Å². The molecule has 1 atom stereocenters. The van der Waals surface area contributed by atoms with Gasteiger partial charge in [0.15, 0.2) is 5.76 Å². The third-order valence-corrected chi connectivity index (χ3v) is 5.29. The van der Waals surface area contributed by atoms with Crippen LogP contribution in [0.4, 0.5) is 0 Å². The molecule has 0 spiro atoms. The molecule has 3 rings (SSSR count). The first-order chi connectivity index (χ1) is 11.6. The number of hydrogen-bond acceptors (Lipinski definition) is 4. The Balaban J connectivity index is 1.62. The van der Waals surface area contributed by atoms with Crippen LogP contribution in [0.5, 0.6) is 0 Å². The zero-order valence-electron chi connectivity index (χ0n) is 15.3. The van der Waals surface area contributed by atoms with Gasteiger partial charge < -0.3 is 9.73 Å². The molecule has 2 heterocycles. The lowest BCUT2D eigenvalue weighted by atomic mass is 10.0. The van der Waals surface area contributed by atoms with Crippen molar-refractivity contribution in [1.29, 1.82) is 0 Å². The minimum absolute atomic E-state index is 0.159. The number of nitrogens with zero attached hydrogens (tertiary/aromatic N) is 2. The molecule has 1 aromatic rings. The van der Waals surface area contributed by atoms with Crippen molar-refractivity contribution in [1.82, 2.24) is 15.1 Å². The number of hydrogen-bond donors (Lipinski definition) is 1. The number of carbonyl (C=O) groups is 1. The fraction of sp³-hybridized carbons (Fsp3) is 0.737. The van der Waals surface area contributed by atoms with Crippen LogP contribution in [0.25, 0.3) is 0 Å². The number of amides is 1. The summed E-state index contributed by atoms with van der Waals surface area (Å²) in [5, 5.41) is 2.61. The Hall–Kier alpha value is -1.33. The smallest absolute Gasteiger partial charge is 0.286 e. The average molecular weight is 333 g/mol. The van der Waals surface area contributed by atoms with Gasteiger partial charge in [0.05, 0.1) is 6.54 Å². The van der Waals surface area contributed by atoms with Crippen molar-refractivity contribution in [2.45, 2.75) is 45.7 Å². The lowest BCUT2D eigenvalue weighted by Gasteiger charge is -2.34. The number of furan rings is 1. The molecule has 134 valence electrons. The van der Waals surface area contributed by atoms with Gasteiger partial charge in [0.2, 0.25) is 0 Å². The van der Waals surface area contributed by atoms with Gasteiger partial charge in [-0.3, -0.25) is 14.6 Å². The van der Waals surface area contributed by atoms with Crippen LogP contribution < -0.4 is 5.32 Å². The van der Waals surface area contributed by atoms with Gasteiger partial charge >= 0.3 is 0 Å². The van der Waals surface area contributed by atoms with E-state index in [0.29, 0.717) is 17.7 Å². The Morgan fingerprint density at radius 3 is 2.79 bits per heavy atom. The second kappa shape index (κ2) is 7.70. The van der Waals surface area contributed by atoms with Crippen molar-refractivity contribution in [3.8, 4) is 0 Å². The minimum atomic E-state index is -0.159. The molecular weight excluding hydrogens is 302 g/mol. The second-order valence-electron chi connectivity index (χ2n) is 7.68. The molecule has 0 bridgehead atoms. The van der Waals surface area contributed by atoms with E-state index in [9.17, 15) is 4.79 Å². The Labute approximate surface area is 145 Å². The van der Waals surface area contributed by atoms with Crippen molar-refractivity contribution in [2.75, 3.05) is 33.2 Å². The third kappa shape index (κ3) is 4.39. The van der Waals surface area contributed by atoms with Crippen LogP contribution in [0.3, 0.4) is 0 Å². The summed E-state index contributed by atoms with van der Waals surface area (Å²) < 4.78 is 5.71. The molecule has 24 heavy (non-hydrogen) atoms. The van der Waals surface area contributed by atoms with E-state index in [-0.39, 0.29) is 5.91 Å². The van der Waals surface area contributed by atoms with E-state index in [0.717, 1.165) is 31.3 Å². The van der Waals surface area contributed by atoms with Crippen LogP contribution in [0.1, 0.15) is 49.4 Å². The maximum Gasteiger partial charge on any atom is 0.286 e. The van der Waals surface area contributed by atoms with E-state index in [4.69, 9.17) is 4.42 Å². The summed E-state index contributed by atoms with van der Waals surface area (Å²) in [4.78, 5) is 16.9. The highest BCUT2D eigenvalue weighted by atomic mass is 16.4. The molecule has 1 saturated heterocycles. The van der Waals surface area contributed by atoms with Gasteiger partial charge in [0.25, 0.3) is 5.91 Å². The molecule has 2 aliphatic rings. The zero-order valence-corrected chi connectivity index (χ0v) is 15.3. The van der Waals surface area contributed by atoms with Gasteiger partial charge in [0.1, 0.15) is 5.76 Å². The summed E-state index contributed by atoms with van der Waals surface area (Å²) in [6.45, 7) is 10.1. The van der Waals surface area contributed by atoms with E-state index < -0.39 is 0 Å². The fourth-order valence-corrected chi connectivity index (χ4v) is 3.70. The molecule has 1 aliphatic heterocycles. The fourth-order valence-electron chi connectivity index (χ4n) is 3.70. The van der Waals surface area contributed by atoms with Gasteiger partial charge in [-0.25, -0.2) is 0 Å². The average Bonchev–Trinajstić information content (AvgIpc) is 3.29. The molecule has 0 aromatic carbocycles. The van der Waals surface area contributed by atoms with Gasteiger partial charge in [-0.15, -0.1) is 0 Å². The van der Waals surface area contributed by atoms with Crippen molar-refractivity contribution < 1.29 is 9.21 Å². The summed E-state index contributed by atoms with van der Waals surface area (Å²) in [7, 11) is 1.63. The van der Waals surface area contributed by atoms with Gasteiger partial charge in [-0.1, -0.05) is 13.8 Å². The van der Waals surface area contributed by atoms with Crippen LogP contribution in [0, 0.1) is 11.8 Å².